The molecule has 0 spiro atoms. The third-order valence-electron chi connectivity index (χ3n) is 4.71. The molecule has 2 aromatic carbocycles. The second kappa shape index (κ2) is 9.43. The van der Waals surface area contributed by atoms with Gasteiger partial charge < -0.3 is 21.1 Å². The normalized spacial score (nSPS) is 13.3. The van der Waals surface area contributed by atoms with Crippen LogP contribution in [0.4, 0.5) is 10.5 Å². The largest absolute Gasteiger partial charge is 0.455 e. The van der Waals surface area contributed by atoms with Gasteiger partial charge in [-0.05, 0) is 54.2 Å². The lowest BCUT2D eigenvalue weighted by atomic mass is 10.0. The molecular formula is C21H22ClN3O4. The van der Waals surface area contributed by atoms with Gasteiger partial charge in [-0.3, -0.25) is 9.59 Å². The second-order valence-corrected chi connectivity index (χ2v) is 7.24. The van der Waals surface area contributed by atoms with Crippen LogP contribution in [-0.4, -0.2) is 24.5 Å². The van der Waals surface area contributed by atoms with Crippen LogP contribution in [0.25, 0.3) is 0 Å². The third-order valence-corrected chi connectivity index (χ3v) is 5.06. The minimum absolute atomic E-state index is 0.210. The highest BCUT2D eigenvalue weighted by Crippen LogP contribution is 2.26. The van der Waals surface area contributed by atoms with E-state index in [4.69, 9.17) is 22.1 Å². The summed E-state index contributed by atoms with van der Waals surface area (Å²) in [5.41, 5.74) is 8.95. The zero-order valence-electron chi connectivity index (χ0n) is 15.7. The Bertz CT molecular complexity index is 932. The van der Waals surface area contributed by atoms with Gasteiger partial charge in [-0.2, -0.15) is 0 Å². The predicted molar refractivity (Wildman–Crippen MR) is 110 cm³/mol. The standard InChI is InChI=1S/C21H22ClN3O4/c22-17-7-2-1-6-16(17)18(25-21(23)28)11-20(27)29-12-19(26)24-15-9-8-13-4-3-5-14(13)10-15/h1-2,6-10,18H,3-5,11-12H2,(H,24,26)(H3,23,25,28)/t18-/m0/s1. The van der Waals surface area contributed by atoms with Crippen LogP contribution >= 0.6 is 11.6 Å². The Morgan fingerprint density at radius 1 is 1.10 bits per heavy atom. The lowest BCUT2D eigenvalue weighted by Crippen LogP contribution is -2.35. The number of carbonyl (C=O) groups excluding carboxylic acids is 3. The first-order valence-electron chi connectivity index (χ1n) is 9.30. The van der Waals surface area contributed by atoms with Crippen LogP contribution in [0.1, 0.15) is 35.6 Å². The predicted octanol–water partition coefficient (Wildman–Crippen LogP) is 3.11. The first-order chi connectivity index (χ1) is 13.9. The number of esters is 1. The van der Waals surface area contributed by atoms with E-state index in [0.717, 1.165) is 19.3 Å². The molecule has 0 saturated heterocycles. The number of hydrogen-bond donors (Lipinski definition) is 3. The van der Waals surface area contributed by atoms with Crippen molar-refractivity contribution in [3.63, 3.8) is 0 Å². The molecule has 0 bridgehead atoms. The summed E-state index contributed by atoms with van der Waals surface area (Å²) in [5.74, 6) is -1.10. The monoisotopic (exact) mass is 415 g/mol. The van der Waals surface area contributed by atoms with Crippen LogP contribution in [0.2, 0.25) is 5.02 Å². The Balaban J connectivity index is 1.54. The van der Waals surface area contributed by atoms with Crippen LogP contribution in [-0.2, 0) is 27.2 Å². The number of aryl methyl sites for hydroxylation is 2. The van der Waals surface area contributed by atoms with Crippen molar-refractivity contribution in [3.8, 4) is 0 Å². The van der Waals surface area contributed by atoms with Crippen molar-refractivity contribution >= 4 is 35.2 Å². The zero-order chi connectivity index (χ0) is 20.8. The van der Waals surface area contributed by atoms with Crippen LogP contribution in [0.5, 0.6) is 0 Å². The average molecular weight is 416 g/mol. The van der Waals surface area contributed by atoms with E-state index in [2.05, 4.69) is 10.6 Å². The summed E-state index contributed by atoms with van der Waals surface area (Å²) in [6.45, 7) is -0.429. The molecule has 8 heteroatoms. The van der Waals surface area contributed by atoms with E-state index < -0.39 is 30.6 Å². The molecule has 0 heterocycles. The van der Waals surface area contributed by atoms with E-state index >= 15 is 0 Å². The molecule has 0 saturated carbocycles. The van der Waals surface area contributed by atoms with Crippen LogP contribution in [0, 0.1) is 0 Å². The van der Waals surface area contributed by atoms with Crippen molar-refractivity contribution < 1.29 is 19.1 Å². The number of hydrogen-bond acceptors (Lipinski definition) is 4. The Morgan fingerprint density at radius 2 is 1.86 bits per heavy atom. The Morgan fingerprint density at radius 3 is 2.62 bits per heavy atom. The Labute approximate surface area is 173 Å². The maximum Gasteiger partial charge on any atom is 0.312 e. The number of fused-ring (bicyclic) bond motifs is 1. The number of amides is 3. The average Bonchev–Trinajstić information content (AvgIpc) is 3.14. The molecule has 3 rings (SSSR count). The molecule has 0 fully saturated rings. The van der Waals surface area contributed by atoms with Gasteiger partial charge >= 0.3 is 12.0 Å². The highest BCUT2D eigenvalue weighted by molar-refractivity contribution is 6.31. The summed E-state index contributed by atoms with van der Waals surface area (Å²) in [4.78, 5) is 35.6. The molecule has 4 N–H and O–H groups in total. The van der Waals surface area contributed by atoms with E-state index in [-0.39, 0.29) is 6.42 Å². The number of primary amides is 1. The number of rotatable bonds is 7. The first kappa shape index (κ1) is 20.7. The maximum atomic E-state index is 12.2. The van der Waals surface area contributed by atoms with Crippen molar-refractivity contribution in [2.75, 3.05) is 11.9 Å². The second-order valence-electron chi connectivity index (χ2n) is 6.83. The summed E-state index contributed by atoms with van der Waals surface area (Å²) < 4.78 is 5.06. The van der Waals surface area contributed by atoms with Gasteiger partial charge in [0.25, 0.3) is 5.91 Å². The molecule has 2 aromatic rings. The van der Waals surface area contributed by atoms with Gasteiger partial charge in [0.2, 0.25) is 0 Å². The van der Waals surface area contributed by atoms with Crippen molar-refractivity contribution in [2.45, 2.75) is 31.7 Å². The first-order valence-corrected chi connectivity index (χ1v) is 9.68. The van der Waals surface area contributed by atoms with E-state index in [0.29, 0.717) is 16.3 Å². The summed E-state index contributed by atoms with van der Waals surface area (Å²) in [6.07, 6.45) is 2.98. The summed E-state index contributed by atoms with van der Waals surface area (Å²) in [7, 11) is 0. The summed E-state index contributed by atoms with van der Waals surface area (Å²) in [6, 6.07) is 11.0. The van der Waals surface area contributed by atoms with Crippen LogP contribution in [0.3, 0.4) is 0 Å². The number of ether oxygens (including phenoxy) is 1. The van der Waals surface area contributed by atoms with Crippen molar-refractivity contribution in [1.82, 2.24) is 5.32 Å². The van der Waals surface area contributed by atoms with Gasteiger partial charge in [-0.25, -0.2) is 4.79 Å². The minimum atomic E-state index is -0.794. The molecular weight excluding hydrogens is 394 g/mol. The minimum Gasteiger partial charge on any atom is -0.455 e. The smallest absolute Gasteiger partial charge is 0.312 e. The number of halogens is 1. The fourth-order valence-corrected chi connectivity index (χ4v) is 3.65. The number of urea groups is 1. The van der Waals surface area contributed by atoms with E-state index in [1.54, 1.807) is 24.3 Å². The van der Waals surface area contributed by atoms with Gasteiger partial charge in [-0.15, -0.1) is 0 Å². The highest BCUT2D eigenvalue weighted by atomic mass is 35.5. The fraction of sp³-hybridized carbons (Fsp3) is 0.286. The molecule has 0 aliphatic heterocycles. The molecule has 3 amide bonds. The lowest BCUT2D eigenvalue weighted by Gasteiger charge is -2.18. The van der Waals surface area contributed by atoms with Crippen molar-refractivity contribution in [2.24, 2.45) is 5.73 Å². The maximum absolute atomic E-state index is 12.2. The zero-order valence-corrected chi connectivity index (χ0v) is 16.5. The molecule has 7 nitrogen and oxygen atoms in total. The van der Waals surface area contributed by atoms with Gasteiger partial charge in [0.1, 0.15) is 0 Å². The van der Waals surface area contributed by atoms with Gasteiger partial charge in [0, 0.05) is 10.7 Å². The van der Waals surface area contributed by atoms with Gasteiger partial charge in [0.15, 0.2) is 6.61 Å². The lowest BCUT2D eigenvalue weighted by molar-refractivity contribution is -0.147. The fourth-order valence-electron chi connectivity index (χ4n) is 3.39. The number of nitrogens with one attached hydrogen (secondary N) is 2. The molecule has 0 unspecified atom stereocenters. The molecule has 0 radical (unpaired) electrons. The van der Waals surface area contributed by atoms with Crippen molar-refractivity contribution in [3.05, 3.63) is 64.2 Å². The van der Waals surface area contributed by atoms with Gasteiger partial charge in [-0.1, -0.05) is 35.9 Å². The molecule has 152 valence electrons. The quantitative estimate of drug-likeness (QED) is 0.603. The summed E-state index contributed by atoms with van der Waals surface area (Å²) in [5, 5.41) is 5.58. The van der Waals surface area contributed by atoms with E-state index in [1.165, 1.54) is 11.1 Å². The Hall–Kier alpha value is -3.06. The van der Waals surface area contributed by atoms with Crippen molar-refractivity contribution in [1.29, 1.82) is 0 Å². The molecule has 1 aliphatic rings. The number of nitrogens with two attached hydrogens (primary N) is 1. The molecule has 29 heavy (non-hydrogen) atoms. The highest BCUT2D eigenvalue weighted by Gasteiger charge is 2.21. The molecule has 0 aromatic heterocycles. The van der Waals surface area contributed by atoms with E-state index in [1.807, 2.05) is 18.2 Å². The molecule has 1 atom stereocenters. The SMILES string of the molecule is NC(=O)N[C@@H](CC(=O)OCC(=O)Nc1ccc2c(c1)CCC2)c1ccccc1Cl. The van der Waals surface area contributed by atoms with Gasteiger partial charge in [0.05, 0.1) is 12.5 Å². The summed E-state index contributed by atoms with van der Waals surface area (Å²) >= 11 is 6.14. The third kappa shape index (κ3) is 5.71. The van der Waals surface area contributed by atoms with Crippen LogP contribution in [0.15, 0.2) is 42.5 Å². The molecule has 1 aliphatic carbocycles. The van der Waals surface area contributed by atoms with Crippen LogP contribution < -0.4 is 16.4 Å². The van der Waals surface area contributed by atoms with E-state index in [9.17, 15) is 14.4 Å². The number of carbonyl (C=O) groups is 3. The Kier molecular flexibility index (Phi) is 6.72. The number of anilines is 1. The topological polar surface area (TPSA) is 111 Å². The number of benzene rings is 2.